The van der Waals surface area contributed by atoms with Crippen LogP contribution in [0.2, 0.25) is 0 Å². The number of nitrogens with zero attached hydrogens (tertiary/aromatic N) is 5. The number of nitrogens with one attached hydrogen (secondary N) is 1. The number of imidazole rings is 1. The minimum Gasteiger partial charge on any atom is -0.352 e. The maximum atomic E-state index is 12.5. The number of amides is 1. The molecule has 1 aliphatic carbocycles. The van der Waals surface area contributed by atoms with Crippen LogP contribution >= 0.6 is 0 Å². The minimum atomic E-state index is -0.0263. The minimum absolute atomic E-state index is 0.0263. The Morgan fingerprint density at radius 2 is 2.03 bits per heavy atom. The number of carbonyl (C=O) groups excluding carboxylic acids is 1. The van der Waals surface area contributed by atoms with E-state index in [1.54, 1.807) is 6.33 Å². The molecule has 1 amide bonds. The number of hydrogen-bond acceptors (Lipinski definition) is 5. The summed E-state index contributed by atoms with van der Waals surface area (Å²) in [7, 11) is 0. The van der Waals surface area contributed by atoms with Gasteiger partial charge in [0.1, 0.15) is 12.2 Å². The first-order chi connectivity index (χ1) is 13.9. The van der Waals surface area contributed by atoms with Crippen molar-refractivity contribution in [1.82, 2.24) is 24.8 Å². The summed E-state index contributed by atoms with van der Waals surface area (Å²) in [5.41, 5.74) is 4.16. The Morgan fingerprint density at radius 1 is 1.28 bits per heavy atom. The summed E-state index contributed by atoms with van der Waals surface area (Å²) in [6.07, 6.45) is 3.92. The number of aromatic nitrogens is 4. The Kier molecular flexibility index (Phi) is 4.98. The Hall–Kier alpha value is -2.96. The predicted molar refractivity (Wildman–Crippen MR) is 115 cm³/mol. The smallest absolute Gasteiger partial charge is 0.251 e. The second kappa shape index (κ2) is 7.46. The molecule has 3 aromatic rings. The number of anilines is 1. The SMILES string of the molecule is CCN(c1nc(C)nc2c1ncn2-c1cc(C(=O)NC2CC2)ccc1C)C(C)C. The van der Waals surface area contributed by atoms with Crippen LogP contribution in [0.1, 0.15) is 55.4 Å². The first kappa shape index (κ1) is 19.4. The quantitative estimate of drug-likeness (QED) is 0.694. The van der Waals surface area contributed by atoms with Crippen LogP contribution in [0.15, 0.2) is 24.5 Å². The lowest BCUT2D eigenvalue weighted by molar-refractivity contribution is 0.0951. The van der Waals surface area contributed by atoms with Crippen LogP contribution in [0, 0.1) is 13.8 Å². The van der Waals surface area contributed by atoms with Crippen molar-refractivity contribution in [3.63, 3.8) is 0 Å². The van der Waals surface area contributed by atoms with Gasteiger partial charge in [0.2, 0.25) is 0 Å². The third kappa shape index (κ3) is 3.69. The van der Waals surface area contributed by atoms with Crippen molar-refractivity contribution in [2.24, 2.45) is 0 Å². The number of carbonyl (C=O) groups is 1. The van der Waals surface area contributed by atoms with Gasteiger partial charge in [0, 0.05) is 24.2 Å². The van der Waals surface area contributed by atoms with Crippen LogP contribution in [-0.2, 0) is 0 Å². The normalized spacial score (nSPS) is 13.9. The van der Waals surface area contributed by atoms with Gasteiger partial charge in [-0.1, -0.05) is 6.07 Å². The first-order valence-electron chi connectivity index (χ1n) is 10.3. The Bertz CT molecular complexity index is 1070. The number of rotatable bonds is 6. The highest BCUT2D eigenvalue weighted by Crippen LogP contribution is 2.28. The molecular formula is C22H28N6O. The summed E-state index contributed by atoms with van der Waals surface area (Å²) in [4.78, 5) is 28.8. The van der Waals surface area contributed by atoms with Gasteiger partial charge < -0.3 is 10.2 Å². The zero-order chi connectivity index (χ0) is 20.7. The molecule has 0 aliphatic heterocycles. The van der Waals surface area contributed by atoms with Crippen LogP contribution in [0.5, 0.6) is 0 Å². The van der Waals surface area contributed by atoms with Gasteiger partial charge in [0.25, 0.3) is 5.91 Å². The molecule has 29 heavy (non-hydrogen) atoms. The average molecular weight is 393 g/mol. The molecule has 2 heterocycles. The third-order valence-electron chi connectivity index (χ3n) is 5.37. The highest BCUT2D eigenvalue weighted by atomic mass is 16.1. The molecule has 1 fully saturated rings. The van der Waals surface area contributed by atoms with E-state index in [0.29, 0.717) is 23.5 Å². The van der Waals surface area contributed by atoms with Gasteiger partial charge in [-0.25, -0.2) is 15.0 Å². The second-order valence-electron chi connectivity index (χ2n) is 8.01. The number of fused-ring (bicyclic) bond motifs is 1. The Morgan fingerprint density at radius 3 is 2.69 bits per heavy atom. The van der Waals surface area contributed by atoms with Gasteiger partial charge in [0.15, 0.2) is 17.0 Å². The van der Waals surface area contributed by atoms with Crippen molar-refractivity contribution >= 4 is 22.9 Å². The summed E-state index contributed by atoms with van der Waals surface area (Å²) < 4.78 is 1.96. The molecule has 4 rings (SSSR count). The first-order valence-corrected chi connectivity index (χ1v) is 10.3. The topological polar surface area (TPSA) is 75.9 Å². The molecule has 1 N–H and O–H groups in total. The van der Waals surface area contributed by atoms with Crippen molar-refractivity contribution in [2.45, 2.75) is 59.5 Å². The molecule has 0 saturated heterocycles. The lowest BCUT2D eigenvalue weighted by Crippen LogP contribution is -2.31. The predicted octanol–water partition coefficient (Wildman–Crippen LogP) is 3.56. The molecule has 1 aromatic carbocycles. The fraction of sp³-hybridized carbons (Fsp3) is 0.455. The number of hydrogen-bond donors (Lipinski definition) is 1. The maximum Gasteiger partial charge on any atom is 0.251 e. The van der Waals surface area contributed by atoms with Crippen LogP contribution in [0.25, 0.3) is 16.9 Å². The van der Waals surface area contributed by atoms with Crippen molar-refractivity contribution < 1.29 is 4.79 Å². The van der Waals surface area contributed by atoms with Gasteiger partial charge >= 0.3 is 0 Å². The van der Waals surface area contributed by atoms with E-state index in [9.17, 15) is 4.79 Å². The maximum absolute atomic E-state index is 12.5. The summed E-state index contributed by atoms with van der Waals surface area (Å²) in [5.74, 6) is 1.53. The van der Waals surface area contributed by atoms with Crippen LogP contribution in [0.4, 0.5) is 5.82 Å². The van der Waals surface area contributed by atoms with Gasteiger partial charge in [-0.2, -0.15) is 0 Å². The molecule has 1 saturated carbocycles. The zero-order valence-electron chi connectivity index (χ0n) is 17.7. The van der Waals surface area contributed by atoms with E-state index in [1.165, 1.54) is 0 Å². The Balaban J connectivity index is 1.82. The van der Waals surface area contributed by atoms with E-state index in [1.807, 2.05) is 36.6 Å². The van der Waals surface area contributed by atoms with Crippen LogP contribution in [-0.4, -0.2) is 44.1 Å². The Labute approximate surface area is 171 Å². The van der Waals surface area contributed by atoms with Gasteiger partial charge in [-0.3, -0.25) is 9.36 Å². The average Bonchev–Trinajstić information content (AvgIpc) is 3.39. The van der Waals surface area contributed by atoms with E-state index < -0.39 is 0 Å². The van der Waals surface area contributed by atoms with Crippen molar-refractivity contribution in [3.05, 3.63) is 41.5 Å². The summed E-state index contributed by atoms with van der Waals surface area (Å²) in [6.45, 7) is 11.2. The van der Waals surface area contributed by atoms with E-state index in [-0.39, 0.29) is 5.91 Å². The van der Waals surface area contributed by atoms with Crippen molar-refractivity contribution in [2.75, 3.05) is 11.4 Å². The van der Waals surface area contributed by atoms with E-state index in [2.05, 4.69) is 45.9 Å². The molecule has 0 radical (unpaired) electrons. The molecule has 1 aliphatic rings. The van der Waals surface area contributed by atoms with Crippen LogP contribution < -0.4 is 10.2 Å². The number of benzene rings is 1. The summed E-state index contributed by atoms with van der Waals surface area (Å²) >= 11 is 0. The molecule has 0 unspecified atom stereocenters. The lowest BCUT2D eigenvalue weighted by Gasteiger charge is -2.26. The van der Waals surface area contributed by atoms with E-state index in [0.717, 1.165) is 47.6 Å². The summed E-state index contributed by atoms with van der Waals surface area (Å²) in [5, 5.41) is 3.06. The second-order valence-corrected chi connectivity index (χ2v) is 8.01. The largest absolute Gasteiger partial charge is 0.352 e. The lowest BCUT2D eigenvalue weighted by atomic mass is 10.1. The van der Waals surface area contributed by atoms with Crippen molar-refractivity contribution in [3.8, 4) is 5.69 Å². The molecule has 7 nitrogen and oxygen atoms in total. The highest BCUT2D eigenvalue weighted by molar-refractivity contribution is 5.95. The van der Waals surface area contributed by atoms with Crippen LogP contribution in [0.3, 0.4) is 0 Å². The molecular weight excluding hydrogens is 364 g/mol. The number of aryl methyl sites for hydroxylation is 2. The zero-order valence-corrected chi connectivity index (χ0v) is 17.7. The van der Waals surface area contributed by atoms with Crippen molar-refractivity contribution in [1.29, 1.82) is 0 Å². The van der Waals surface area contributed by atoms with E-state index >= 15 is 0 Å². The highest BCUT2D eigenvalue weighted by Gasteiger charge is 2.24. The molecule has 0 atom stereocenters. The van der Waals surface area contributed by atoms with Gasteiger partial charge in [0.05, 0.1) is 5.69 Å². The summed E-state index contributed by atoms with van der Waals surface area (Å²) in [6, 6.07) is 6.41. The van der Waals surface area contributed by atoms with E-state index in [4.69, 9.17) is 0 Å². The molecule has 0 spiro atoms. The fourth-order valence-electron chi connectivity index (χ4n) is 3.63. The molecule has 7 heteroatoms. The molecule has 2 aromatic heterocycles. The molecule has 0 bridgehead atoms. The standard InChI is InChI=1S/C22H28N6O/c1-6-27(13(2)3)20-19-21(25-15(5)24-20)28(12-23-19)18-11-16(8-7-14(18)4)22(29)26-17-9-10-17/h7-8,11-13,17H,6,9-10H2,1-5H3,(H,26,29). The third-order valence-corrected chi connectivity index (χ3v) is 5.37. The monoisotopic (exact) mass is 392 g/mol. The fourth-order valence-corrected chi connectivity index (χ4v) is 3.63. The van der Waals surface area contributed by atoms with Gasteiger partial charge in [-0.15, -0.1) is 0 Å². The van der Waals surface area contributed by atoms with Gasteiger partial charge in [-0.05, 0) is 65.2 Å². The molecule has 152 valence electrons.